The molecule has 0 fully saturated rings. The van der Waals surface area contributed by atoms with E-state index in [0.717, 1.165) is 0 Å². The van der Waals surface area contributed by atoms with E-state index in [1.54, 1.807) is 0 Å². The standard InChI is InChI=1S/C19H19Br/c1-11-7-13(3)18(14(4)8-11)16-9-15-6-5-12(2)19(15)17(20)10-16/h5-10,12H,1-4H3. The van der Waals surface area contributed by atoms with Gasteiger partial charge in [0.05, 0.1) is 0 Å². The Morgan fingerprint density at radius 1 is 0.950 bits per heavy atom. The van der Waals surface area contributed by atoms with E-state index in [2.05, 4.69) is 80.0 Å². The summed E-state index contributed by atoms with van der Waals surface area (Å²) in [7, 11) is 0. The monoisotopic (exact) mass is 326 g/mol. The topological polar surface area (TPSA) is 0 Å². The molecule has 1 aliphatic carbocycles. The summed E-state index contributed by atoms with van der Waals surface area (Å²) in [5.74, 6) is 0.508. The van der Waals surface area contributed by atoms with E-state index in [9.17, 15) is 0 Å². The maximum Gasteiger partial charge on any atom is 0.0225 e. The molecule has 1 atom stereocenters. The van der Waals surface area contributed by atoms with Crippen LogP contribution < -0.4 is 0 Å². The molecule has 0 saturated carbocycles. The first-order chi connectivity index (χ1) is 9.47. The molecule has 102 valence electrons. The number of fused-ring (bicyclic) bond motifs is 1. The summed E-state index contributed by atoms with van der Waals surface area (Å²) >= 11 is 3.76. The van der Waals surface area contributed by atoms with Crippen molar-refractivity contribution in [1.29, 1.82) is 0 Å². The highest BCUT2D eigenvalue weighted by molar-refractivity contribution is 9.10. The smallest absolute Gasteiger partial charge is 0.0225 e. The Bertz CT molecular complexity index is 700. The van der Waals surface area contributed by atoms with Crippen LogP contribution in [0.1, 0.15) is 40.7 Å². The fourth-order valence-corrected chi connectivity index (χ4v) is 4.22. The SMILES string of the molecule is Cc1cc(C)c(-c2cc(Br)c3c(c2)C=CC3C)c(C)c1. The maximum absolute atomic E-state index is 3.76. The highest BCUT2D eigenvalue weighted by Crippen LogP contribution is 2.40. The molecule has 1 aliphatic rings. The first-order valence-electron chi connectivity index (χ1n) is 7.07. The Labute approximate surface area is 129 Å². The van der Waals surface area contributed by atoms with Crippen LogP contribution in [0.5, 0.6) is 0 Å². The van der Waals surface area contributed by atoms with Gasteiger partial charge < -0.3 is 0 Å². The van der Waals surface area contributed by atoms with Gasteiger partial charge in [-0.25, -0.2) is 0 Å². The van der Waals surface area contributed by atoms with Crippen LogP contribution in [0.4, 0.5) is 0 Å². The van der Waals surface area contributed by atoms with Crippen LogP contribution >= 0.6 is 15.9 Å². The average Bonchev–Trinajstić information content (AvgIpc) is 2.70. The van der Waals surface area contributed by atoms with E-state index >= 15 is 0 Å². The molecule has 0 bridgehead atoms. The Kier molecular flexibility index (Phi) is 3.33. The first kappa shape index (κ1) is 13.6. The average molecular weight is 327 g/mol. The number of rotatable bonds is 1. The van der Waals surface area contributed by atoms with Crippen LogP contribution in [-0.4, -0.2) is 0 Å². The zero-order valence-electron chi connectivity index (χ0n) is 12.4. The van der Waals surface area contributed by atoms with Crippen molar-refractivity contribution in [2.75, 3.05) is 0 Å². The zero-order valence-corrected chi connectivity index (χ0v) is 14.0. The van der Waals surface area contributed by atoms with E-state index in [0.29, 0.717) is 5.92 Å². The fraction of sp³-hybridized carbons (Fsp3) is 0.263. The van der Waals surface area contributed by atoms with Crippen molar-refractivity contribution in [3.63, 3.8) is 0 Å². The second-order valence-electron chi connectivity index (χ2n) is 5.88. The van der Waals surface area contributed by atoms with Crippen molar-refractivity contribution < 1.29 is 0 Å². The lowest BCUT2D eigenvalue weighted by Gasteiger charge is -2.15. The summed E-state index contributed by atoms with van der Waals surface area (Å²) in [6.45, 7) is 8.81. The van der Waals surface area contributed by atoms with Gasteiger partial charge in [0.2, 0.25) is 0 Å². The van der Waals surface area contributed by atoms with Crippen LogP contribution in [0, 0.1) is 20.8 Å². The minimum atomic E-state index is 0.508. The van der Waals surface area contributed by atoms with Gasteiger partial charge in [0.15, 0.2) is 0 Å². The quantitative estimate of drug-likeness (QED) is 0.587. The summed E-state index contributed by atoms with van der Waals surface area (Å²) in [6, 6.07) is 9.13. The van der Waals surface area contributed by atoms with E-state index in [1.165, 1.54) is 43.4 Å². The molecule has 0 N–H and O–H groups in total. The second kappa shape index (κ2) is 4.89. The third-order valence-electron chi connectivity index (χ3n) is 4.15. The lowest BCUT2D eigenvalue weighted by Crippen LogP contribution is -1.94. The van der Waals surface area contributed by atoms with Gasteiger partial charge in [-0.3, -0.25) is 0 Å². The highest BCUT2D eigenvalue weighted by Gasteiger charge is 2.18. The fourth-order valence-electron chi connectivity index (χ4n) is 3.38. The Balaban J connectivity index is 2.23. The van der Waals surface area contributed by atoms with Crippen LogP contribution in [0.25, 0.3) is 17.2 Å². The summed E-state index contributed by atoms with van der Waals surface area (Å²) < 4.78 is 1.22. The van der Waals surface area contributed by atoms with E-state index < -0.39 is 0 Å². The molecule has 2 aromatic rings. The molecule has 0 heterocycles. The number of halogens is 1. The van der Waals surface area contributed by atoms with Gasteiger partial charge in [-0.15, -0.1) is 0 Å². The normalized spacial score (nSPS) is 16.6. The lowest BCUT2D eigenvalue weighted by atomic mass is 9.91. The number of hydrogen-bond donors (Lipinski definition) is 0. The zero-order chi connectivity index (χ0) is 14.4. The summed E-state index contributed by atoms with van der Waals surface area (Å²) in [5, 5.41) is 0. The number of aryl methyl sites for hydroxylation is 3. The summed E-state index contributed by atoms with van der Waals surface area (Å²) in [4.78, 5) is 0. The molecule has 0 radical (unpaired) electrons. The van der Waals surface area contributed by atoms with Crippen molar-refractivity contribution in [1.82, 2.24) is 0 Å². The molecular weight excluding hydrogens is 308 g/mol. The summed E-state index contributed by atoms with van der Waals surface area (Å²) in [6.07, 6.45) is 4.52. The van der Waals surface area contributed by atoms with Crippen molar-refractivity contribution in [3.05, 3.63) is 62.6 Å². The second-order valence-corrected chi connectivity index (χ2v) is 6.74. The first-order valence-corrected chi connectivity index (χ1v) is 7.86. The molecule has 0 amide bonds. The number of hydrogen-bond acceptors (Lipinski definition) is 0. The molecule has 20 heavy (non-hydrogen) atoms. The van der Waals surface area contributed by atoms with Gasteiger partial charge in [0, 0.05) is 10.4 Å². The van der Waals surface area contributed by atoms with Crippen LogP contribution in [0.3, 0.4) is 0 Å². The van der Waals surface area contributed by atoms with E-state index in [1.807, 2.05) is 0 Å². The number of allylic oxidation sites excluding steroid dienone is 1. The third kappa shape index (κ3) is 2.14. The molecule has 0 saturated heterocycles. The van der Waals surface area contributed by atoms with E-state index in [4.69, 9.17) is 0 Å². The highest BCUT2D eigenvalue weighted by atomic mass is 79.9. The van der Waals surface area contributed by atoms with E-state index in [-0.39, 0.29) is 0 Å². The van der Waals surface area contributed by atoms with Crippen molar-refractivity contribution in [2.45, 2.75) is 33.6 Å². The van der Waals surface area contributed by atoms with Gasteiger partial charge in [-0.1, -0.05) is 52.7 Å². The molecule has 2 aromatic carbocycles. The van der Waals surface area contributed by atoms with Crippen LogP contribution in [0.2, 0.25) is 0 Å². The van der Waals surface area contributed by atoms with Gasteiger partial charge in [-0.05, 0) is 66.3 Å². The van der Waals surface area contributed by atoms with Gasteiger partial charge in [-0.2, -0.15) is 0 Å². The largest absolute Gasteiger partial charge is 0.0766 e. The van der Waals surface area contributed by atoms with Gasteiger partial charge >= 0.3 is 0 Å². The Hall–Kier alpha value is -1.34. The molecule has 1 heteroatoms. The predicted octanol–water partition coefficient (Wildman–Crippen LogP) is 6.17. The molecule has 0 aliphatic heterocycles. The third-order valence-corrected chi connectivity index (χ3v) is 4.80. The van der Waals surface area contributed by atoms with Gasteiger partial charge in [0.1, 0.15) is 0 Å². The molecule has 0 nitrogen and oxygen atoms in total. The van der Waals surface area contributed by atoms with Crippen LogP contribution in [0.15, 0.2) is 34.8 Å². The summed E-state index contributed by atoms with van der Waals surface area (Å²) in [5.41, 5.74) is 9.47. The molecule has 3 rings (SSSR count). The Morgan fingerprint density at radius 2 is 1.60 bits per heavy atom. The van der Waals surface area contributed by atoms with Crippen molar-refractivity contribution >= 4 is 22.0 Å². The molecular formula is C19H19Br. The maximum atomic E-state index is 3.76. The van der Waals surface area contributed by atoms with Crippen molar-refractivity contribution in [3.8, 4) is 11.1 Å². The number of benzene rings is 2. The van der Waals surface area contributed by atoms with Gasteiger partial charge in [0.25, 0.3) is 0 Å². The predicted molar refractivity (Wildman–Crippen MR) is 91.2 cm³/mol. The van der Waals surface area contributed by atoms with Crippen LogP contribution in [-0.2, 0) is 0 Å². The molecule has 1 unspecified atom stereocenters. The minimum absolute atomic E-state index is 0.508. The molecule has 0 spiro atoms. The lowest BCUT2D eigenvalue weighted by molar-refractivity contribution is 0.982. The van der Waals surface area contributed by atoms with Crippen molar-refractivity contribution in [2.24, 2.45) is 0 Å². The minimum Gasteiger partial charge on any atom is -0.0766 e. The molecule has 0 aromatic heterocycles. The Morgan fingerprint density at radius 3 is 2.25 bits per heavy atom.